The number of amides is 1. The number of oxazole rings is 1. The van der Waals surface area contributed by atoms with E-state index < -0.39 is 0 Å². The van der Waals surface area contributed by atoms with Crippen molar-refractivity contribution in [1.82, 2.24) is 24.6 Å². The molecule has 28 heavy (non-hydrogen) atoms. The predicted octanol–water partition coefficient (Wildman–Crippen LogP) is 2.16. The molecule has 8 nitrogen and oxygen atoms in total. The van der Waals surface area contributed by atoms with Gasteiger partial charge in [0, 0.05) is 31.6 Å². The molecule has 0 fully saturated rings. The van der Waals surface area contributed by atoms with Crippen LogP contribution in [0.1, 0.15) is 41.1 Å². The van der Waals surface area contributed by atoms with Gasteiger partial charge in [-0.2, -0.15) is 5.10 Å². The zero-order chi connectivity index (χ0) is 19.5. The minimum Gasteiger partial charge on any atom is -0.443 e. The van der Waals surface area contributed by atoms with Gasteiger partial charge in [0.1, 0.15) is 5.82 Å². The van der Waals surface area contributed by atoms with Crippen LogP contribution in [0, 0.1) is 6.92 Å². The van der Waals surface area contributed by atoms with Crippen LogP contribution in [0.4, 0.5) is 0 Å². The molecule has 0 saturated carbocycles. The molecule has 0 unspecified atom stereocenters. The topological polar surface area (TPSA) is 94.9 Å². The zero-order valence-electron chi connectivity index (χ0n) is 15.9. The van der Waals surface area contributed by atoms with Gasteiger partial charge in [-0.1, -0.05) is 29.8 Å². The van der Waals surface area contributed by atoms with E-state index in [0.717, 1.165) is 42.8 Å². The van der Waals surface area contributed by atoms with Gasteiger partial charge in [0.05, 0.1) is 0 Å². The molecule has 0 radical (unpaired) electrons. The summed E-state index contributed by atoms with van der Waals surface area (Å²) in [6.07, 6.45) is 4.84. The van der Waals surface area contributed by atoms with E-state index >= 15 is 0 Å². The summed E-state index contributed by atoms with van der Waals surface area (Å²) in [7, 11) is 0. The molecular formula is C20H23N5O3. The normalized spacial score (nSPS) is 13.3. The number of carbonyl (C=O) groups excluding carboxylic acids is 1. The Hall–Kier alpha value is -3.16. The summed E-state index contributed by atoms with van der Waals surface area (Å²) >= 11 is 0. The van der Waals surface area contributed by atoms with Crippen molar-refractivity contribution in [3.8, 4) is 11.3 Å². The van der Waals surface area contributed by atoms with Crippen molar-refractivity contribution < 1.29 is 9.21 Å². The van der Waals surface area contributed by atoms with Crippen molar-refractivity contribution in [2.75, 3.05) is 6.54 Å². The fourth-order valence-corrected chi connectivity index (χ4v) is 3.43. The fraction of sp³-hybridized carbons (Fsp3) is 0.400. The molecule has 0 saturated heterocycles. The van der Waals surface area contributed by atoms with Crippen LogP contribution in [-0.2, 0) is 19.5 Å². The molecule has 3 heterocycles. The van der Waals surface area contributed by atoms with Crippen LogP contribution in [0.15, 0.2) is 39.9 Å². The molecule has 1 aliphatic rings. The van der Waals surface area contributed by atoms with Crippen LogP contribution in [0.3, 0.4) is 0 Å². The van der Waals surface area contributed by atoms with Crippen LogP contribution in [-0.4, -0.2) is 31.8 Å². The highest BCUT2D eigenvalue weighted by molar-refractivity contribution is 5.97. The minimum atomic E-state index is -0.291. The molecule has 0 aliphatic carbocycles. The Morgan fingerprint density at radius 1 is 1.25 bits per heavy atom. The minimum absolute atomic E-state index is 0.0563. The number of carbonyl (C=O) groups is 1. The summed E-state index contributed by atoms with van der Waals surface area (Å²) in [5, 5.41) is 7.25. The number of nitrogens with one attached hydrogen (secondary N) is 1. The molecule has 1 aliphatic heterocycles. The number of fused-ring (bicyclic) bond motifs is 1. The van der Waals surface area contributed by atoms with Crippen molar-refractivity contribution in [3.05, 3.63) is 58.2 Å². The van der Waals surface area contributed by atoms with Crippen LogP contribution < -0.4 is 11.0 Å². The fourth-order valence-electron chi connectivity index (χ4n) is 3.43. The van der Waals surface area contributed by atoms with Gasteiger partial charge < -0.3 is 9.73 Å². The monoisotopic (exact) mass is 381 g/mol. The highest BCUT2D eigenvalue weighted by Crippen LogP contribution is 2.23. The number of rotatable bonds is 6. The first-order valence-electron chi connectivity index (χ1n) is 9.59. The van der Waals surface area contributed by atoms with E-state index in [2.05, 4.69) is 15.4 Å². The van der Waals surface area contributed by atoms with Crippen LogP contribution in [0.5, 0.6) is 0 Å². The summed E-state index contributed by atoms with van der Waals surface area (Å²) in [6.45, 7) is 3.65. The molecule has 1 N–H and O–H groups in total. The molecule has 146 valence electrons. The first kappa shape index (κ1) is 18.2. The number of nitrogens with zero attached hydrogens (tertiary/aromatic N) is 4. The average molecular weight is 381 g/mol. The molecule has 0 bridgehead atoms. The largest absolute Gasteiger partial charge is 0.443 e. The highest BCUT2D eigenvalue weighted by atomic mass is 16.3. The van der Waals surface area contributed by atoms with Crippen molar-refractivity contribution in [3.63, 3.8) is 0 Å². The second-order valence-corrected chi connectivity index (χ2v) is 7.04. The van der Waals surface area contributed by atoms with E-state index in [1.165, 1.54) is 11.1 Å². The van der Waals surface area contributed by atoms with E-state index in [9.17, 15) is 9.59 Å². The Balaban J connectivity index is 1.35. The van der Waals surface area contributed by atoms with Crippen molar-refractivity contribution >= 4 is 5.91 Å². The number of hydrogen-bond donors (Lipinski definition) is 1. The smallest absolute Gasteiger partial charge is 0.345 e. The van der Waals surface area contributed by atoms with Gasteiger partial charge in [0.2, 0.25) is 0 Å². The lowest BCUT2D eigenvalue weighted by Crippen LogP contribution is -2.29. The predicted molar refractivity (Wildman–Crippen MR) is 103 cm³/mol. The van der Waals surface area contributed by atoms with Gasteiger partial charge in [-0.3, -0.25) is 9.36 Å². The summed E-state index contributed by atoms with van der Waals surface area (Å²) in [6, 6.07) is 7.72. The first-order chi connectivity index (χ1) is 13.6. The number of hydrogen-bond acceptors (Lipinski definition) is 5. The van der Waals surface area contributed by atoms with Gasteiger partial charge in [0.25, 0.3) is 5.91 Å². The molecule has 4 rings (SSSR count). The number of aromatic nitrogens is 4. The average Bonchev–Trinajstić information content (AvgIpc) is 3.31. The van der Waals surface area contributed by atoms with E-state index in [4.69, 9.17) is 4.42 Å². The maximum Gasteiger partial charge on any atom is 0.345 e. The summed E-state index contributed by atoms with van der Waals surface area (Å²) < 4.78 is 8.68. The lowest BCUT2D eigenvalue weighted by atomic mass is 10.1. The molecule has 1 amide bonds. The first-order valence-corrected chi connectivity index (χ1v) is 9.59. The number of benzene rings is 1. The molecule has 1 aromatic carbocycles. The van der Waals surface area contributed by atoms with E-state index in [-0.39, 0.29) is 17.3 Å². The zero-order valence-corrected chi connectivity index (χ0v) is 15.9. The van der Waals surface area contributed by atoms with Crippen molar-refractivity contribution in [2.24, 2.45) is 0 Å². The van der Waals surface area contributed by atoms with Crippen LogP contribution in [0.25, 0.3) is 11.3 Å². The Kier molecular flexibility index (Phi) is 5.10. The standard InChI is InChI=1S/C20H23N5O3/c1-14-6-8-15(9-7-14)18-17(22-13-28-18)19(26)21-10-4-12-25-20(27)24-11-3-2-5-16(24)23-25/h6-9,13H,2-5,10-12H2,1H3,(H,21,26). The van der Waals surface area contributed by atoms with E-state index in [1.807, 2.05) is 31.2 Å². The quantitative estimate of drug-likeness (QED) is 0.660. The Morgan fingerprint density at radius 3 is 2.86 bits per heavy atom. The Bertz CT molecular complexity index is 1030. The Morgan fingerprint density at radius 2 is 2.07 bits per heavy atom. The molecule has 0 atom stereocenters. The number of aryl methyl sites for hydroxylation is 3. The van der Waals surface area contributed by atoms with Gasteiger partial charge in [-0.25, -0.2) is 14.5 Å². The third-order valence-electron chi connectivity index (χ3n) is 4.96. The SMILES string of the molecule is Cc1ccc(-c2ocnc2C(=O)NCCCn2nc3n(c2=O)CCCC3)cc1. The third-order valence-corrected chi connectivity index (χ3v) is 4.96. The van der Waals surface area contributed by atoms with Crippen molar-refractivity contribution in [1.29, 1.82) is 0 Å². The highest BCUT2D eigenvalue weighted by Gasteiger charge is 2.19. The van der Waals surface area contributed by atoms with Gasteiger partial charge in [-0.05, 0) is 26.2 Å². The third kappa shape index (κ3) is 3.62. The lowest BCUT2D eigenvalue weighted by Gasteiger charge is -2.09. The maximum atomic E-state index is 12.5. The molecule has 8 heteroatoms. The van der Waals surface area contributed by atoms with Gasteiger partial charge in [0.15, 0.2) is 17.8 Å². The second-order valence-electron chi connectivity index (χ2n) is 7.04. The Labute approximate surface area is 162 Å². The van der Waals surface area contributed by atoms with E-state index in [0.29, 0.717) is 25.3 Å². The van der Waals surface area contributed by atoms with Crippen LogP contribution >= 0.6 is 0 Å². The van der Waals surface area contributed by atoms with E-state index in [1.54, 1.807) is 4.57 Å². The van der Waals surface area contributed by atoms with Crippen LogP contribution in [0.2, 0.25) is 0 Å². The summed E-state index contributed by atoms with van der Waals surface area (Å²) in [5.74, 6) is 1.03. The van der Waals surface area contributed by atoms with Gasteiger partial charge in [-0.15, -0.1) is 0 Å². The lowest BCUT2D eigenvalue weighted by molar-refractivity contribution is 0.0948. The summed E-state index contributed by atoms with van der Waals surface area (Å²) in [4.78, 5) is 28.9. The molecule has 2 aromatic heterocycles. The molecule has 0 spiro atoms. The molecular weight excluding hydrogens is 358 g/mol. The second kappa shape index (κ2) is 7.84. The maximum absolute atomic E-state index is 12.5. The van der Waals surface area contributed by atoms with Gasteiger partial charge >= 0.3 is 5.69 Å². The molecule has 3 aromatic rings. The summed E-state index contributed by atoms with van der Waals surface area (Å²) in [5.41, 5.74) is 2.14. The van der Waals surface area contributed by atoms with Crippen molar-refractivity contribution in [2.45, 2.75) is 45.7 Å².